The molecule has 0 saturated carbocycles. The summed E-state index contributed by atoms with van der Waals surface area (Å²) in [5.41, 5.74) is 0.771. The first-order chi connectivity index (χ1) is 4.88. The molecule has 2 heterocycles. The number of hydrogen-bond donors (Lipinski definition) is 0. The molecular weight excluding hydrogens is 150 g/mol. The molecular formula is C6H4ClN3. The van der Waals surface area contributed by atoms with Crippen LogP contribution in [0.2, 0.25) is 5.15 Å². The lowest BCUT2D eigenvalue weighted by Crippen LogP contribution is -1.82. The average molecular weight is 154 g/mol. The van der Waals surface area contributed by atoms with Crippen LogP contribution in [0.25, 0.3) is 5.65 Å². The highest BCUT2D eigenvalue weighted by Crippen LogP contribution is 2.08. The van der Waals surface area contributed by atoms with Gasteiger partial charge in [-0.2, -0.15) is 0 Å². The lowest BCUT2D eigenvalue weighted by Gasteiger charge is -1.91. The van der Waals surface area contributed by atoms with E-state index in [4.69, 9.17) is 11.6 Å². The van der Waals surface area contributed by atoms with Crippen LogP contribution in [0.1, 0.15) is 0 Å². The van der Waals surface area contributed by atoms with E-state index in [1.165, 1.54) is 0 Å². The van der Waals surface area contributed by atoms with Crippen molar-refractivity contribution in [1.82, 2.24) is 14.6 Å². The molecule has 0 aliphatic rings. The summed E-state index contributed by atoms with van der Waals surface area (Å²) in [7, 11) is 0. The Morgan fingerprint density at radius 1 is 1.40 bits per heavy atom. The molecule has 0 aliphatic carbocycles. The summed E-state index contributed by atoms with van der Waals surface area (Å²) in [5.74, 6) is 0. The standard InChI is InChI=1S/C6H4ClN3/c7-5-2-1-3-6-9-8-4-10(5)6/h1-4H. The minimum absolute atomic E-state index is 0.627. The molecule has 2 rings (SSSR count). The molecule has 0 unspecified atom stereocenters. The zero-order chi connectivity index (χ0) is 6.97. The number of rotatable bonds is 0. The van der Waals surface area contributed by atoms with E-state index in [0.29, 0.717) is 5.15 Å². The summed E-state index contributed by atoms with van der Waals surface area (Å²) in [6.07, 6.45) is 1.58. The van der Waals surface area contributed by atoms with Crippen LogP contribution < -0.4 is 0 Å². The van der Waals surface area contributed by atoms with Crippen molar-refractivity contribution in [2.75, 3.05) is 0 Å². The number of fused-ring (bicyclic) bond motifs is 1. The smallest absolute Gasteiger partial charge is 0.161 e. The maximum atomic E-state index is 5.78. The SMILES string of the molecule is Clc1cccc2nncn12. The molecule has 0 spiro atoms. The first-order valence-electron chi connectivity index (χ1n) is 2.82. The Morgan fingerprint density at radius 2 is 2.30 bits per heavy atom. The highest BCUT2D eigenvalue weighted by molar-refractivity contribution is 6.29. The van der Waals surface area contributed by atoms with E-state index in [0.717, 1.165) is 5.65 Å². The van der Waals surface area contributed by atoms with E-state index >= 15 is 0 Å². The van der Waals surface area contributed by atoms with E-state index in [2.05, 4.69) is 10.2 Å². The molecule has 50 valence electrons. The summed E-state index contributed by atoms with van der Waals surface area (Å²) in [6.45, 7) is 0. The van der Waals surface area contributed by atoms with Gasteiger partial charge in [0.05, 0.1) is 0 Å². The van der Waals surface area contributed by atoms with Crippen LogP contribution in [-0.4, -0.2) is 14.6 Å². The van der Waals surface area contributed by atoms with Gasteiger partial charge in [0.2, 0.25) is 0 Å². The van der Waals surface area contributed by atoms with Crippen molar-refractivity contribution in [3.05, 3.63) is 29.7 Å². The van der Waals surface area contributed by atoms with Crippen molar-refractivity contribution in [3.63, 3.8) is 0 Å². The second-order valence-electron chi connectivity index (χ2n) is 1.91. The molecule has 0 aromatic carbocycles. The molecule has 10 heavy (non-hydrogen) atoms. The van der Waals surface area contributed by atoms with Gasteiger partial charge < -0.3 is 0 Å². The first-order valence-corrected chi connectivity index (χ1v) is 3.20. The first kappa shape index (κ1) is 5.68. The van der Waals surface area contributed by atoms with Crippen molar-refractivity contribution >= 4 is 17.2 Å². The van der Waals surface area contributed by atoms with Crippen molar-refractivity contribution < 1.29 is 0 Å². The maximum Gasteiger partial charge on any atom is 0.161 e. The summed E-state index contributed by atoms with van der Waals surface area (Å²) >= 11 is 5.78. The molecule has 0 radical (unpaired) electrons. The monoisotopic (exact) mass is 153 g/mol. The normalized spacial score (nSPS) is 10.5. The molecule has 0 aliphatic heterocycles. The second kappa shape index (κ2) is 1.95. The van der Waals surface area contributed by atoms with Crippen LogP contribution in [0.4, 0.5) is 0 Å². The highest BCUT2D eigenvalue weighted by atomic mass is 35.5. The molecule has 0 fully saturated rings. The highest BCUT2D eigenvalue weighted by Gasteiger charge is 1.95. The molecule has 0 N–H and O–H groups in total. The Morgan fingerprint density at radius 3 is 3.10 bits per heavy atom. The molecule has 4 heteroatoms. The predicted molar refractivity (Wildman–Crippen MR) is 38.0 cm³/mol. The van der Waals surface area contributed by atoms with Crippen molar-refractivity contribution in [2.24, 2.45) is 0 Å². The van der Waals surface area contributed by atoms with Crippen LogP contribution in [0, 0.1) is 0 Å². The summed E-state index contributed by atoms with van der Waals surface area (Å²) in [4.78, 5) is 0. The maximum absolute atomic E-state index is 5.78. The minimum Gasteiger partial charge on any atom is -0.272 e. The zero-order valence-corrected chi connectivity index (χ0v) is 5.78. The van der Waals surface area contributed by atoms with Crippen LogP contribution in [0.15, 0.2) is 24.5 Å². The fourth-order valence-electron chi connectivity index (χ4n) is 0.816. The molecule has 0 saturated heterocycles. The number of hydrogen-bond acceptors (Lipinski definition) is 2. The van der Waals surface area contributed by atoms with E-state index < -0.39 is 0 Å². The number of nitrogens with zero attached hydrogens (tertiary/aromatic N) is 3. The third-order valence-corrected chi connectivity index (χ3v) is 1.59. The Hall–Kier alpha value is -1.09. The fraction of sp³-hybridized carbons (Fsp3) is 0. The largest absolute Gasteiger partial charge is 0.272 e. The Balaban J connectivity index is 2.95. The van der Waals surface area contributed by atoms with Gasteiger partial charge in [0.1, 0.15) is 11.5 Å². The topological polar surface area (TPSA) is 30.2 Å². The van der Waals surface area contributed by atoms with E-state index in [1.54, 1.807) is 16.8 Å². The van der Waals surface area contributed by atoms with Gasteiger partial charge in [-0.25, -0.2) is 0 Å². The van der Waals surface area contributed by atoms with E-state index in [9.17, 15) is 0 Å². The van der Waals surface area contributed by atoms with Crippen molar-refractivity contribution in [2.45, 2.75) is 0 Å². The van der Waals surface area contributed by atoms with Crippen LogP contribution in [0.5, 0.6) is 0 Å². The number of halogens is 1. The van der Waals surface area contributed by atoms with Gasteiger partial charge in [-0.15, -0.1) is 10.2 Å². The van der Waals surface area contributed by atoms with Gasteiger partial charge in [0, 0.05) is 0 Å². The predicted octanol–water partition coefficient (Wildman–Crippen LogP) is 1.38. The third kappa shape index (κ3) is 0.675. The van der Waals surface area contributed by atoms with Crippen LogP contribution in [0.3, 0.4) is 0 Å². The Bertz CT molecular complexity index is 355. The third-order valence-electron chi connectivity index (χ3n) is 1.28. The fourth-order valence-corrected chi connectivity index (χ4v) is 1.02. The molecule has 0 bridgehead atoms. The minimum atomic E-state index is 0.627. The van der Waals surface area contributed by atoms with Gasteiger partial charge in [-0.3, -0.25) is 4.40 Å². The Kier molecular flexibility index (Phi) is 1.11. The molecule has 0 amide bonds. The summed E-state index contributed by atoms with van der Waals surface area (Å²) in [5, 5.41) is 8.13. The van der Waals surface area contributed by atoms with E-state index in [-0.39, 0.29) is 0 Å². The number of aromatic nitrogens is 3. The van der Waals surface area contributed by atoms with E-state index in [1.807, 2.05) is 12.1 Å². The quantitative estimate of drug-likeness (QED) is 0.536. The molecule has 2 aromatic heterocycles. The average Bonchev–Trinajstić information content (AvgIpc) is 2.36. The van der Waals surface area contributed by atoms with Crippen LogP contribution >= 0.6 is 11.6 Å². The van der Waals surface area contributed by atoms with Gasteiger partial charge in [-0.1, -0.05) is 17.7 Å². The van der Waals surface area contributed by atoms with Crippen molar-refractivity contribution in [3.8, 4) is 0 Å². The summed E-state index contributed by atoms with van der Waals surface area (Å²) in [6, 6.07) is 5.48. The second-order valence-corrected chi connectivity index (χ2v) is 2.29. The Labute approximate surface area is 62.3 Å². The molecule has 2 aromatic rings. The zero-order valence-electron chi connectivity index (χ0n) is 5.03. The van der Waals surface area contributed by atoms with Gasteiger partial charge >= 0.3 is 0 Å². The van der Waals surface area contributed by atoms with Crippen LogP contribution in [-0.2, 0) is 0 Å². The molecule has 3 nitrogen and oxygen atoms in total. The number of pyridine rings is 1. The summed E-state index contributed by atoms with van der Waals surface area (Å²) < 4.78 is 1.71. The van der Waals surface area contributed by atoms with Gasteiger partial charge in [0.15, 0.2) is 5.65 Å². The lowest BCUT2D eigenvalue weighted by atomic mass is 10.5. The lowest BCUT2D eigenvalue weighted by molar-refractivity contribution is 1.10. The van der Waals surface area contributed by atoms with Crippen molar-refractivity contribution in [1.29, 1.82) is 0 Å². The molecule has 0 atom stereocenters. The van der Waals surface area contributed by atoms with Gasteiger partial charge in [-0.05, 0) is 12.1 Å². The van der Waals surface area contributed by atoms with Gasteiger partial charge in [0.25, 0.3) is 0 Å².